The van der Waals surface area contributed by atoms with Crippen LogP contribution in [0.2, 0.25) is 0 Å². The molecule has 0 saturated carbocycles. The van der Waals surface area contributed by atoms with Crippen LogP contribution in [-0.2, 0) is 17.6 Å². The predicted octanol–water partition coefficient (Wildman–Crippen LogP) is 0.325. The molecule has 0 bridgehead atoms. The summed E-state index contributed by atoms with van der Waals surface area (Å²) >= 11 is 0. The van der Waals surface area contributed by atoms with E-state index < -0.39 is 0 Å². The normalized spacial score (nSPS) is 9.67. The minimum Gasteiger partial charge on any atom is -0.384 e. The van der Waals surface area contributed by atoms with E-state index in [0.29, 0.717) is 24.7 Å². The van der Waals surface area contributed by atoms with Crippen molar-refractivity contribution in [2.75, 3.05) is 13.7 Å². The van der Waals surface area contributed by atoms with Gasteiger partial charge in [0.05, 0.1) is 12.7 Å². The van der Waals surface area contributed by atoms with Gasteiger partial charge in [0.1, 0.15) is 6.42 Å². The van der Waals surface area contributed by atoms with Crippen molar-refractivity contribution < 1.29 is 9.26 Å². The predicted molar refractivity (Wildman–Crippen MR) is 39.2 cm³/mol. The summed E-state index contributed by atoms with van der Waals surface area (Å²) in [6.45, 7) is 0.561. The highest BCUT2D eigenvalue weighted by Gasteiger charge is 2.04. The molecule has 0 aromatic carbocycles. The van der Waals surface area contributed by atoms with Gasteiger partial charge in [-0.15, -0.1) is 0 Å². The van der Waals surface area contributed by atoms with Crippen molar-refractivity contribution in [2.45, 2.75) is 12.8 Å². The van der Waals surface area contributed by atoms with Gasteiger partial charge < -0.3 is 9.26 Å². The van der Waals surface area contributed by atoms with Crippen molar-refractivity contribution in [3.63, 3.8) is 0 Å². The van der Waals surface area contributed by atoms with E-state index in [9.17, 15) is 0 Å². The summed E-state index contributed by atoms with van der Waals surface area (Å²) in [6, 6.07) is 1.93. The van der Waals surface area contributed by atoms with Crippen molar-refractivity contribution in [2.24, 2.45) is 0 Å². The van der Waals surface area contributed by atoms with Gasteiger partial charge in [0.2, 0.25) is 5.89 Å². The average Bonchev–Trinajstić information content (AvgIpc) is 2.50. The van der Waals surface area contributed by atoms with Crippen LogP contribution >= 0.6 is 0 Å². The maximum Gasteiger partial charge on any atom is 0.240 e. The van der Waals surface area contributed by atoms with E-state index in [1.807, 2.05) is 6.07 Å². The van der Waals surface area contributed by atoms with Crippen LogP contribution < -0.4 is 0 Å². The van der Waals surface area contributed by atoms with Crippen LogP contribution in [0.1, 0.15) is 11.7 Å². The highest BCUT2D eigenvalue weighted by molar-refractivity contribution is 4.92. The molecule has 1 aromatic heterocycles. The van der Waals surface area contributed by atoms with E-state index in [-0.39, 0.29) is 6.42 Å². The third kappa shape index (κ3) is 2.32. The van der Waals surface area contributed by atoms with Gasteiger partial charge in [-0.25, -0.2) is 0 Å². The molecule has 5 heteroatoms. The fourth-order valence-corrected chi connectivity index (χ4v) is 0.724. The fraction of sp³-hybridized carbons (Fsp3) is 0.571. The average molecular weight is 167 g/mol. The minimum atomic E-state index is 0.167. The molecule has 0 unspecified atom stereocenters. The topological polar surface area (TPSA) is 71.9 Å². The van der Waals surface area contributed by atoms with E-state index in [4.69, 9.17) is 14.5 Å². The Kier molecular flexibility index (Phi) is 3.23. The van der Waals surface area contributed by atoms with E-state index >= 15 is 0 Å². The Morgan fingerprint density at radius 3 is 3.17 bits per heavy atom. The second kappa shape index (κ2) is 4.46. The highest BCUT2D eigenvalue weighted by Crippen LogP contribution is 1.98. The van der Waals surface area contributed by atoms with E-state index in [1.165, 1.54) is 0 Å². The summed E-state index contributed by atoms with van der Waals surface area (Å²) in [5, 5.41) is 12.0. The van der Waals surface area contributed by atoms with Crippen LogP contribution in [0.3, 0.4) is 0 Å². The largest absolute Gasteiger partial charge is 0.384 e. The number of aromatic nitrogens is 2. The molecule has 0 spiro atoms. The Morgan fingerprint density at radius 2 is 2.50 bits per heavy atom. The van der Waals surface area contributed by atoms with Gasteiger partial charge in [-0.1, -0.05) is 5.16 Å². The van der Waals surface area contributed by atoms with Crippen molar-refractivity contribution >= 4 is 0 Å². The van der Waals surface area contributed by atoms with Crippen molar-refractivity contribution in [3.8, 4) is 6.07 Å². The molecule has 12 heavy (non-hydrogen) atoms. The Hall–Kier alpha value is -1.41. The van der Waals surface area contributed by atoms with E-state index in [1.54, 1.807) is 7.11 Å². The molecule has 0 saturated heterocycles. The van der Waals surface area contributed by atoms with Gasteiger partial charge in [0, 0.05) is 13.5 Å². The molecule has 1 heterocycles. The first-order chi connectivity index (χ1) is 5.86. The molecule has 64 valence electrons. The molecule has 0 aliphatic heterocycles. The molecule has 0 atom stereocenters. The van der Waals surface area contributed by atoms with Crippen LogP contribution in [0, 0.1) is 11.3 Å². The first-order valence-electron chi connectivity index (χ1n) is 3.54. The molecule has 5 nitrogen and oxygen atoms in total. The monoisotopic (exact) mass is 167 g/mol. The van der Waals surface area contributed by atoms with Gasteiger partial charge in [0.25, 0.3) is 0 Å². The zero-order chi connectivity index (χ0) is 8.81. The van der Waals surface area contributed by atoms with Gasteiger partial charge >= 0.3 is 0 Å². The molecule has 0 N–H and O–H groups in total. The van der Waals surface area contributed by atoms with Gasteiger partial charge in [0.15, 0.2) is 5.82 Å². The summed E-state index contributed by atoms with van der Waals surface area (Å²) in [4.78, 5) is 3.96. The smallest absolute Gasteiger partial charge is 0.240 e. The number of hydrogen-bond donors (Lipinski definition) is 0. The maximum atomic E-state index is 8.30. The standard InChI is InChI=1S/C7H9N3O2/c1-11-5-3-6-9-7(2-4-8)12-10-6/h2-3,5H2,1H3. The summed E-state index contributed by atoms with van der Waals surface area (Å²) in [5.74, 6) is 0.950. The molecular weight excluding hydrogens is 158 g/mol. The quantitative estimate of drug-likeness (QED) is 0.645. The Labute approximate surface area is 69.9 Å². The minimum absolute atomic E-state index is 0.167. The second-order valence-electron chi connectivity index (χ2n) is 2.18. The zero-order valence-electron chi connectivity index (χ0n) is 6.78. The van der Waals surface area contributed by atoms with Crippen LogP contribution in [0.15, 0.2) is 4.52 Å². The zero-order valence-corrected chi connectivity index (χ0v) is 6.78. The lowest BCUT2D eigenvalue weighted by atomic mass is 10.4. The van der Waals surface area contributed by atoms with Crippen LogP contribution in [0.5, 0.6) is 0 Å². The molecule has 1 aromatic rings. The van der Waals surface area contributed by atoms with E-state index in [2.05, 4.69) is 10.1 Å². The Balaban J connectivity index is 2.48. The van der Waals surface area contributed by atoms with Gasteiger partial charge in [-0.2, -0.15) is 10.2 Å². The summed E-state index contributed by atoms with van der Waals surface area (Å²) < 4.78 is 9.59. The van der Waals surface area contributed by atoms with Crippen molar-refractivity contribution in [1.29, 1.82) is 5.26 Å². The first kappa shape index (κ1) is 8.68. The second-order valence-corrected chi connectivity index (χ2v) is 2.18. The number of rotatable bonds is 4. The number of methoxy groups -OCH3 is 1. The third-order valence-electron chi connectivity index (χ3n) is 1.27. The molecule has 0 radical (unpaired) electrons. The summed E-state index contributed by atoms with van der Waals surface area (Å²) in [7, 11) is 1.61. The third-order valence-corrected chi connectivity index (χ3v) is 1.27. The van der Waals surface area contributed by atoms with E-state index in [0.717, 1.165) is 0 Å². The number of hydrogen-bond acceptors (Lipinski definition) is 5. The van der Waals surface area contributed by atoms with Crippen LogP contribution in [-0.4, -0.2) is 23.9 Å². The van der Waals surface area contributed by atoms with Gasteiger partial charge in [-0.05, 0) is 0 Å². The number of ether oxygens (including phenoxy) is 1. The van der Waals surface area contributed by atoms with Crippen molar-refractivity contribution in [3.05, 3.63) is 11.7 Å². The fourth-order valence-electron chi connectivity index (χ4n) is 0.724. The van der Waals surface area contributed by atoms with Crippen LogP contribution in [0.25, 0.3) is 0 Å². The molecule has 0 fully saturated rings. The SMILES string of the molecule is COCCc1noc(CC#N)n1. The summed E-state index contributed by atoms with van der Waals surface area (Å²) in [6.07, 6.45) is 0.783. The molecule has 0 aliphatic carbocycles. The lowest BCUT2D eigenvalue weighted by Crippen LogP contribution is -1.96. The Bertz CT molecular complexity index is 276. The maximum absolute atomic E-state index is 8.30. The Morgan fingerprint density at radius 1 is 1.67 bits per heavy atom. The summed E-state index contributed by atoms with van der Waals surface area (Å²) in [5.41, 5.74) is 0. The molecule has 0 aliphatic rings. The van der Waals surface area contributed by atoms with Crippen LogP contribution in [0.4, 0.5) is 0 Å². The lowest BCUT2D eigenvalue weighted by Gasteiger charge is -1.89. The number of nitrogens with zero attached hydrogens (tertiary/aromatic N) is 3. The molecule has 1 rings (SSSR count). The van der Waals surface area contributed by atoms with Gasteiger partial charge in [-0.3, -0.25) is 0 Å². The number of nitriles is 1. The highest BCUT2D eigenvalue weighted by atomic mass is 16.5. The molecule has 0 amide bonds. The molecular formula is C7H9N3O2. The first-order valence-corrected chi connectivity index (χ1v) is 3.54. The lowest BCUT2D eigenvalue weighted by molar-refractivity contribution is 0.199. The van der Waals surface area contributed by atoms with Crippen molar-refractivity contribution in [1.82, 2.24) is 10.1 Å².